The third kappa shape index (κ3) is 5.31. The van der Waals surface area contributed by atoms with Gasteiger partial charge in [0.05, 0.1) is 31.1 Å². The second kappa shape index (κ2) is 10.5. The Labute approximate surface area is 170 Å². The molecule has 1 aromatic rings. The number of benzene rings is 1. The highest BCUT2D eigenvalue weighted by Crippen LogP contribution is 2.38. The van der Waals surface area contributed by atoms with Crippen LogP contribution >= 0.6 is 0 Å². The van der Waals surface area contributed by atoms with Crippen LogP contribution in [0, 0.1) is 0 Å². The summed E-state index contributed by atoms with van der Waals surface area (Å²) in [6.07, 6.45) is 8.15. The first kappa shape index (κ1) is 22.3. The van der Waals surface area contributed by atoms with Crippen LogP contribution in [-0.2, 0) is 9.63 Å². The number of methoxy groups -OCH3 is 2. The third-order valence-corrected chi connectivity index (χ3v) is 4.66. The quantitative estimate of drug-likeness (QED) is 0.252. The number of unbranched alkanes of at least 4 members (excludes halogenated alkanes) is 4. The van der Waals surface area contributed by atoms with E-state index in [0.29, 0.717) is 17.7 Å². The summed E-state index contributed by atoms with van der Waals surface area (Å²) < 4.78 is 10.9. The second-order valence-corrected chi connectivity index (χ2v) is 6.76. The lowest BCUT2D eigenvalue weighted by Crippen LogP contribution is -2.18. The molecule has 29 heavy (non-hydrogen) atoms. The van der Waals surface area contributed by atoms with Crippen LogP contribution in [0.25, 0.3) is 0 Å². The van der Waals surface area contributed by atoms with E-state index in [4.69, 9.17) is 14.3 Å². The largest absolute Gasteiger partial charge is 0.496 e. The topological polar surface area (TPSA) is 91.3 Å². The Morgan fingerprint density at radius 2 is 1.62 bits per heavy atom. The number of oxime groups is 1. The van der Waals surface area contributed by atoms with Crippen molar-refractivity contribution in [1.82, 2.24) is 0 Å². The standard InChI is InChI=1S/C22H27NO6/c1-5-6-7-8-9-10-16(23-29-14(2)24)15-13-19(27-3)20-17(25)11-12-18(26)21(20)22(15)28-4/h11-13H,5-10H2,1-4H3. The molecule has 0 unspecified atom stereocenters. The first-order valence-electron chi connectivity index (χ1n) is 9.75. The molecule has 0 fully saturated rings. The maximum atomic E-state index is 12.6. The number of hydrogen-bond acceptors (Lipinski definition) is 7. The first-order chi connectivity index (χ1) is 13.9. The summed E-state index contributed by atoms with van der Waals surface area (Å²) in [6, 6.07) is 1.61. The molecule has 0 radical (unpaired) electrons. The van der Waals surface area contributed by atoms with Crippen molar-refractivity contribution in [3.05, 3.63) is 34.9 Å². The molecule has 1 aliphatic rings. The highest BCUT2D eigenvalue weighted by Gasteiger charge is 2.31. The molecule has 0 N–H and O–H groups in total. The Balaban J connectivity index is 2.53. The third-order valence-electron chi connectivity index (χ3n) is 4.66. The molecule has 1 aliphatic carbocycles. The molecule has 156 valence electrons. The predicted molar refractivity (Wildman–Crippen MR) is 109 cm³/mol. The summed E-state index contributed by atoms with van der Waals surface area (Å²) in [5.74, 6) is -0.764. The summed E-state index contributed by atoms with van der Waals surface area (Å²) in [6.45, 7) is 3.41. The van der Waals surface area contributed by atoms with Crippen LogP contribution in [-0.4, -0.2) is 37.5 Å². The Morgan fingerprint density at radius 1 is 0.966 bits per heavy atom. The second-order valence-electron chi connectivity index (χ2n) is 6.76. The molecule has 0 spiro atoms. The molecular formula is C22H27NO6. The van der Waals surface area contributed by atoms with Crippen molar-refractivity contribution < 1.29 is 28.7 Å². The number of carbonyl (C=O) groups is 3. The van der Waals surface area contributed by atoms with Gasteiger partial charge in [-0.2, -0.15) is 0 Å². The molecular weight excluding hydrogens is 374 g/mol. The van der Waals surface area contributed by atoms with Gasteiger partial charge in [-0.3, -0.25) is 9.59 Å². The molecule has 0 bridgehead atoms. The maximum Gasteiger partial charge on any atom is 0.331 e. The smallest absolute Gasteiger partial charge is 0.331 e. The number of allylic oxidation sites excluding steroid dienone is 2. The molecule has 7 nitrogen and oxygen atoms in total. The van der Waals surface area contributed by atoms with E-state index in [9.17, 15) is 14.4 Å². The van der Waals surface area contributed by atoms with Crippen molar-refractivity contribution in [3.63, 3.8) is 0 Å². The van der Waals surface area contributed by atoms with Crippen molar-refractivity contribution in [1.29, 1.82) is 0 Å². The van der Waals surface area contributed by atoms with Gasteiger partial charge < -0.3 is 14.3 Å². The van der Waals surface area contributed by atoms with Gasteiger partial charge in [-0.15, -0.1) is 0 Å². The van der Waals surface area contributed by atoms with Gasteiger partial charge in [-0.1, -0.05) is 37.8 Å². The van der Waals surface area contributed by atoms with Gasteiger partial charge in [0.15, 0.2) is 11.6 Å². The fourth-order valence-electron chi connectivity index (χ4n) is 3.27. The van der Waals surface area contributed by atoms with Gasteiger partial charge in [0.1, 0.15) is 11.5 Å². The van der Waals surface area contributed by atoms with Crippen molar-refractivity contribution in [3.8, 4) is 11.5 Å². The summed E-state index contributed by atoms with van der Waals surface area (Å²) in [4.78, 5) is 41.1. The molecule has 7 heteroatoms. The summed E-state index contributed by atoms with van der Waals surface area (Å²) in [5.41, 5.74) is 1.23. The highest BCUT2D eigenvalue weighted by molar-refractivity contribution is 6.25. The summed E-state index contributed by atoms with van der Waals surface area (Å²) >= 11 is 0. The van der Waals surface area contributed by atoms with Crippen LogP contribution in [0.5, 0.6) is 11.5 Å². The molecule has 0 saturated carbocycles. The highest BCUT2D eigenvalue weighted by atomic mass is 16.7. The predicted octanol–water partition coefficient (Wildman–Crippen LogP) is 4.27. The zero-order chi connectivity index (χ0) is 21.4. The van der Waals surface area contributed by atoms with E-state index in [1.807, 2.05) is 0 Å². The van der Waals surface area contributed by atoms with Crippen LogP contribution in [0.4, 0.5) is 0 Å². The lowest BCUT2D eigenvalue weighted by atomic mass is 9.88. The van der Waals surface area contributed by atoms with Crippen molar-refractivity contribution in [2.75, 3.05) is 14.2 Å². The Hall–Kier alpha value is -2.96. The van der Waals surface area contributed by atoms with Gasteiger partial charge in [0.25, 0.3) is 0 Å². The van der Waals surface area contributed by atoms with E-state index in [1.54, 1.807) is 6.07 Å². The average Bonchev–Trinajstić information content (AvgIpc) is 2.71. The van der Waals surface area contributed by atoms with Crippen LogP contribution in [0.15, 0.2) is 23.4 Å². The number of hydrogen-bond donors (Lipinski definition) is 0. The van der Waals surface area contributed by atoms with Gasteiger partial charge in [0.2, 0.25) is 0 Å². The fraction of sp³-hybridized carbons (Fsp3) is 0.455. The van der Waals surface area contributed by atoms with Crippen molar-refractivity contribution in [2.45, 2.75) is 52.4 Å². The van der Waals surface area contributed by atoms with Gasteiger partial charge in [-0.25, -0.2) is 4.79 Å². The van der Waals surface area contributed by atoms with Crippen LogP contribution in [0.2, 0.25) is 0 Å². The minimum absolute atomic E-state index is 0.135. The van der Waals surface area contributed by atoms with Crippen LogP contribution in [0.1, 0.15) is 78.7 Å². The maximum absolute atomic E-state index is 12.6. The van der Waals surface area contributed by atoms with Gasteiger partial charge in [0, 0.05) is 12.5 Å². The van der Waals surface area contributed by atoms with Crippen molar-refractivity contribution >= 4 is 23.2 Å². The van der Waals surface area contributed by atoms with E-state index in [0.717, 1.165) is 32.1 Å². The number of fused-ring (bicyclic) bond motifs is 1. The van der Waals surface area contributed by atoms with E-state index in [1.165, 1.54) is 33.3 Å². The average molecular weight is 401 g/mol. The Bertz CT molecular complexity index is 853. The van der Waals surface area contributed by atoms with E-state index in [-0.39, 0.29) is 34.2 Å². The Morgan fingerprint density at radius 3 is 2.21 bits per heavy atom. The fourth-order valence-corrected chi connectivity index (χ4v) is 3.27. The summed E-state index contributed by atoms with van der Waals surface area (Å²) in [5, 5.41) is 4.01. The molecule has 0 aromatic heterocycles. The molecule has 0 amide bonds. The minimum Gasteiger partial charge on any atom is -0.496 e. The lowest BCUT2D eigenvalue weighted by molar-refractivity contribution is -0.140. The molecule has 0 atom stereocenters. The van der Waals surface area contributed by atoms with E-state index >= 15 is 0 Å². The number of ketones is 2. The normalized spacial score (nSPS) is 13.3. The zero-order valence-electron chi connectivity index (χ0n) is 17.4. The molecule has 0 heterocycles. The molecule has 0 aliphatic heterocycles. The molecule has 1 aromatic carbocycles. The van der Waals surface area contributed by atoms with Crippen LogP contribution < -0.4 is 9.47 Å². The van der Waals surface area contributed by atoms with Crippen molar-refractivity contribution in [2.24, 2.45) is 5.16 Å². The molecule has 0 saturated heterocycles. The number of rotatable bonds is 10. The lowest BCUT2D eigenvalue weighted by Gasteiger charge is -2.20. The number of carbonyl (C=O) groups excluding carboxylic acids is 3. The number of nitrogens with zero attached hydrogens (tertiary/aromatic N) is 1. The first-order valence-corrected chi connectivity index (χ1v) is 9.75. The SMILES string of the molecule is CCCCCCCC(=NOC(C)=O)c1cc(OC)c2c(c1OC)C(=O)C=CC2=O. The zero-order valence-corrected chi connectivity index (χ0v) is 17.4. The monoisotopic (exact) mass is 401 g/mol. The van der Waals surface area contributed by atoms with E-state index in [2.05, 4.69) is 12.1 Å². The van der Waals surface area contributed by atoms with Gasteiger partial charge in [-0.05, 0) is 31.1 Å². The summed E-state index contributed by atoms with van der Waals surface area (Å²) in [7, 11) is 2.85. The van der Waals surface area contributed by atoms with Crippen LogP contribution in [0.3, 0.4) is 0 Å². The van der Waals surface area contributed by atoms with Gasteiger partial charge >= 0.3 is 5.97 Å². The minimum atomic E-state index is -0.549. The number of ether oxygens (including phenoxy) is 2. The van der Waals surface area contributed by atoms with E-state index < -0.39 is 5.97 Å². The Kier molecular flexibility index (Phi) is 8.12. The molecule has 2 rings (SSSR count).